The summed E-state index contributed by atoms with van der Waals surface area (Å²) in [4.78, 5) is 11.6. The molecule has 0 spiro atoms. The largest absolute Gasteiger partial charge is 0.417 e. The molecular weight excluding hydrogens is 293 g/mol. The molecule has 1 aromatic heterocycles. The Labute approximate surface area is 117 Å². The Morgan fingerprint density at radius 1 is 1.20 bits per heavy atom. The van der Waals surface area contributed by atoms with Gasteiger partial charge >= 0.3 is 6.18 Å². The van der Waals surface area contributed by atoms with Crippen molar-refractivity contribution in [3.05, 3.63) is 63.0 Å². The first-order chi connectivity index (χ1) is 9.27. The Bertz CT molecular complexity index is 695. The minimum absolute atomic E-state index is 0.0743. The first kappa shape index (κ1) is 14.5. The molecule has 20 heavy (non-hydrogen) atoms. The summed E-state index contributed by atoms with van der Waals surface area (Å²) in [7, 11) is 0. The fourth-order valence-corrected chi connectivity index (χ4v) is 1.91. The molecule has 0 amide bonds. The van der Waals surface area contributed by atoms with Gasteiger partial charge in [0.05, 0.1) is 12.1 Å². The number of pyridine rings is 1. The number of aromatic nitrogens is 1. The molecule has 2 N–H and O–H groups in total. The van der Waals surface area contributed by atoms with Gasteiger partial charge in [0.15, 0.2) is 0 Å². The molecule has 0 unspecified atom stereocenters. The minimum atomic E-state index is -4.50. The summed E-state index contributed by atoms with van der Waals surface area (Å²) in [6, 6.07) is 6.25. The molecule has 106 valence electrons. The van der Waals surface area contributed by atoms with Crippen molar-refractivity contribution in [1.82, 2.24) is 4.57 Å². The van der Waals surface area contributed by atoms with Crippen LogP contribution >= 0.6 is 11.6 Å². The molecule has 2 aromatic rings. The van der Waals surface area contributed by atoms with Crippen LogP contribution in [0.1, 0.15) is 11.1 Å². The fraction of sp³-hybridized carbons (Fsp3) is 0.154. The number of nitrogens with two attached hydrogens (primary N) is 1. The van der Waals surface area contributed by atoms with Gasteiger partial charge in [-0.3, -0.25) is 4.79 Å². The fourth-order valence-electron chi connectivity index (χ4n) is 1.72. The Hall–Kier alpha value is -1.95. The molecule has 0 saturated carbocycles. The maximum absolute atomic E-state index is 12.6. The molecule has 0 atom stereocenters. The van der Waals surface area contributed by atoms with Crippen LogP contribution in [0.3, 0.4) is 0 Å². The standard InChI is InChI=1S/C13H10ClF3N2O/c14-10-2-3-11(18)8(5-10)6-19-7-9(13(15,16)17)1-4-12(19)20/h1-5,7H,6,18H2. The summed E-state index contributed by atoms with van der Waals surface area (Å²) in [5, 5.41) is 0.397. The van der Waals surface area contributed by atoms with Gasteiger partial charge < -0.3 is 10.3 Å². The number of hydrogen-bond acceptors (Lipinski definition) is 2. The summed E-state index contributed by atoms with van der Waals surface area (Å²) in [5.74, 6) is 0. The highest BCUT2D eigenvalue weighted by Gasteiger charge is 2.31. The van der Waals surface area contributed by atoms with E-state index in [1.807, 2.05) is 0 Å². The minimum Gasteiger partial charge on any atom is -0.398 e. The zero-order valence-electron chi connectivity index (χ0n) is 10.1. The lowest BCUT2D eigenvalue weighted by molar-refractivity contribution is -0.138. The molecular formula is C13H10ClF3N2O. The molecule has 0 radical (unpaired) electrons. The van der Waals surface area contributed by atoms with Crippen LogP contribution in [0.2, 0.25) is 5.02 Å². The van der Waals surface area contributed by atoms with Crippen LogP contribution in [-0.2, 0) is 12.7 Å². The molecule has 0 saturated heterocycles. The Balaban J connectivity index is 2.43. The molecule has 1 heterocycles. The zero-order chi connectivity index (χ0) is 14.9. The van der Waals surface area contributed by atoms with Gasteiger partial charge in [0, 0.05) is 23.0 Å². The number of benzene rings is 1. The number of nitrogen functional groups attached to an aromatic ring is 1. The second-order valence-corrected chi connectivity index (χ2v) is 4.66. The van der Waals surface area contributed by atoms with Gasteiger partial charge in [0.25, 0.3) is 5.56 Å². The number of anilines is 1. The van der Waals surface area contributed by atoms with Crippen LogP contribution < -0.4 is 11.3 Å². The maximum atomic E-state index is 12.6. The Kier molecular flexibility index (Phi) is 3.76. The molecule has 2 rings (SSSR count). The van der Waals surface area contributed by atoms with Gasteiger partial charge in [-0.05, 0) is 29.8 Å². The lowest BCUT2D eigenvalue weighted by Crippen LogP contribution is -2.22. The predicted molar refractivity (Wildman–Crippen MR) is 70.7 cm³/mol. The van der Waals surface area contributed by atoms with Crippen molar-refractivity contribution in [3.63, 3.8) is 0 Å². The molecule has 0 aliphatic rings. The van der Waals surface area contributed by atoms with Gasteiger partial charge in [-0.25, -0.2) is 0 Å². The SMILES string of the molecule is Nc1ccc(Cl)cc1Cn1cc(C(F)(F)F)ccc1=O. The number of rotatable bonds is 2. The van der Waals surface area contributed by atoms with E-state index >= 15 is 0 Å². The normalized spacial score (nSPS) is 11.6. The second-order valence-electron chi connectivity index (χ2n) is 4.22. The van der Waals surface area contributed by atoms with Crippen LogP contribution in [0.4, 0.5) is 18.9 Å². The lowest BCUT2D eigenvalue weighted by atomic mass is 10.1. The van der Waals surface area contributed by atoms with Crippen molar-refractivity contribution in [2.75, 3.05) is 5.73 Å². The lowest BCUT2D eigenvalue weighted by Gasteiger charge is -2.12. The molecule has 0 bridgehead atoms. The number of alkyl halides is 3. The summed E-state index contributed by atoms with van der Waals surface area (Å²) >= 11 is 5.80. The average molecular weight is 303 g/mol. The van der Waals surface area contributed by atoms with Gasteiger partial charge in [0.1, 0.15) is 0 Å². The molecule has 7 heteroatoms. The van der Waals surface area contributed by atoms with Gasteiger partial charge in [-0.15, -0.1) is 0 Å². The van der Waals surface area contributed by atoms with E-state index in [1.54, 1.807) is 6.07 Å². The summed E-state index contributed by atoms with van der Waals surface area (Å²) in [6.07, 6.45) is -3.74. The molecule has 3 nitrogen and oxygen atoms in total. The van der Waals surface area contributed by atoms with Crippen molar-refractivity contribution in [2.45, 2.75) is 12.7 Å². The van der Waals surface area contributed by atoms with Crippen LogP contribution in [-0.4, -0.2) is 4.57 Å². The van der Waals surface area contributed by atoms with E-state index in [9.17, 15) is 18.0 Å². The number of hydrogen-bond donors (Lipinski definition) is 1. The van der Waals surface area contributed by atoms with E-state index in [1.165, 1.54) is 12.1 Å². The molecule has 1 aromatic carbocycles. The van der Waals surface area contributed by atoms with Gasteiger partial charge in [-0.1, -0.05) is 11.6 Å². The first-order valence-corrected chi connectivity index (χ1v) is 5.97. The third kappa shape index (κ3) is 3.14. The number of halogens is 4. The van der Waals surface area contributed by atoms with E-state index in [0.717, 1.165) is 22.9 Å². The van der Waals surface area contributed by atoms with E-state index in [-0.39, 0.29) is 6.54 Å². The molecule has 0 fully saturated rings. The highest BCUT2D eigenvalue weighted by atomic mass is 35.5. The van der Waals surface area contributed by atoms with E-state index in [2.05, 4.69) is 0 Å². The third-order valence-corrected chi connectivity index (χ3v) is 2.99. The highest BCUT2D eigenvalue weighted by molar-refractivity contribution is 6.30. The topological polar surface area (TPSA) is 48.0 Å². The van der Waals surface area contributed by atoms with Crippen molar-refractivity contribution in [3.8, 4) is 0 Å². The molecule has 0 aliphatic carbocycles. The quantitative estimate of drug-likeness (QED) is 0.866. The first-order valence-electron chi connectivity index (χ1n) is 5.59. The molecule has 0 aliphatic heterocycles. The number of nitrogens with zero attached hydrogens (tertiary/aromatic N) is 1. The van der Waals surface area contributed by atoms with E-state index in [0.29, 0.717) is 16.3 Å². The van der Waals surface area contributed by atoms with E-state index in [4.69, 9.17) is 17.3 Å². The summed E-state index contributed by atoms with van der Waals surface area (Å²) < 4.78 is 38.8. The predicted octanol–water partition coefficient (Wildman–Crippen LogP) is 3.15. The second kappa shape index (κ2) is 5.20. The Morgan fingerprint density at radius 3 is 2.55 bits per heavy atom. The van der Waals surface area contributed by atoms with Crippen molar-refractivity contribution < 1.29 is 13.2 Å². The van der Waals surface area contributed by atoms with Gasteiger partial charge in [-0.2, -0.15) is 13.2 Å². The third-order valence-electron chi connectivity index (χ3n) is 2.76. The smallest absolute Gasteiger partial charge is 0.398 e. The van der Waals surface area contributed by atoms with Crippen molar-refractivity contribution in [2.24, 2.45) is 0 Å². The van der Waals surface area contributed by atoms with Crippen LogP contribution in [0.5, 0.6) is 0 Å². The summed E-state index contributed by atoms with van der Waals surface area (Å²) in [6.45, 7) is -0.0743. The highest BCUT2D eigenvalue weighted by Crippen LogP contribution is 2.28. The van der Waals surface area contributed by atoms with Crippen molar-refractivity contribution >= 4 is 17.3 Å². The maximum Gasteiger partial charge on any atom is 0.417 e. The average Bonchev–Trinajstić information content (AvgIpc) is 2.35. The van der Waals surface area contributed by atoms with Gasteiger partial charge in [0.2, 0.25) is 0 Å². The zero-order valence-corrected chi connectivity index (χ0v) is 10.9. The van der Waals surface area contributed by atoms with Crippen LogP contribution in [0.25, 0.3) is 0 Å². The Morgan fingerprint density at radius 2 is 1.90 bits per heavy atom. The summed E-state index contributed by atoms with van der Waals surface area (Å²) in [5.41, 5.74) is 5.12. The van der Waals surface area contributed by atoms with E-state index < -0.39 is 17.3 Å². The monoisotopic (exact) mass is 302 g/mol. The van der Waals surface area contributed by atoms with Crippen LogP contribution in [0.15, 0.2) is 41.3 Å². The van der Waals surface area contributed by atoms with Crippen molar-refractivity contribution in [1.29, 1.82) is 0 Å². The van der Waals surface area contributed by atoms with Crippen LogP contribution in [0, 0.1) is 0 Å².